The number of benzene rings is 2. The first kappa shape index (κ1) is 14.5. The van der Waals surface area contributed by atoms with E-state index in [9.17, 15) is 13.9 Å². The van der Waals surface area contributed by atoms with Crippen molar-refractivity contribution in [3.8, 4) is 5.75 Å². The zero-order valence-corrected chi connectivity index (χ0v) is 11.3. The summed E-state index contributed by atoms with van der Waals surface area (Å²) in [6.07, 6.45) is -1.24. The van der Waals surface area contributed by atoms with E-state index in [0.717, 1.165) is 6.07 Å². The fourth-order valence-electron chi connectivity index (χ4n) is 1.94. The van der Waals surface area contributed by atoms with Crippen LogP contribution in [0.1, 0.15) is 31.1 Å². The van der Waals surface area contributed by atoms with Crippen LogP contribution in [0.4, 0.5) is 8.78 Å². The van der Waals surface area contributed by atoms with Gasteiger partial charge in [0.05, 0.1) is 6.10 Å². The number of hydrogen-bond donors (Lipinski definition) is 1. The third-order valence-electron chi connectivity index (χ3n) is 2.82. The maximum absolute atomic E-state index is 13.7. The fourth-order valence-corrected chi connectivity index (χ4v) is 1.94. The van der Waals surface area contributed by atoms with E-state index in [1.807, 2.05) is 13.8 Å². The topological polar surface area (TPSA) is 29.5 Å². The molecule has 0 saturated carbocycles. The van der Waals surface area contributed by atoms with Gasteiger partial charge in [-0.1, -0.05) is 24.3 Å². The van der Waals surface area contributed by atoms with Crippen LogP contribution in [0.15, 0.2) is 42.5 Å². The third-order valence-corrected chi connectivity index (χ3v) is 2.82. The van der Waals surface area contributed by atoms with Gasteiger partial charge in [0.2, 0.25) is 0 Å². The molecule has 1 atom stereocenters. The highest BCUT2D eigenvalue weighted by Crippen LogP contribution is 2.28. The molecule has 0 amide bonds. The van der Waals surface area contributed by atoms with E-state index in [2.05, 4.69) is 0 Å². The second-order valence-electron chi connectivity index (χ2n) is 4.78. The minimum atomic E-state index is -1.23. The Labute approximate surface area is 116 Å². The highest BCUT2D eigenvalue weighted by atomic mass is 19.2. The molecule has 0 aliphatic carbocycles. The van der Waals surface area contributed by atoms with Gasteiger partial charge in [-0.2, -0.15) is 0 Å². The second-order valence-corrected chi connectivity index (χ2v) is 4.78. The molecule has 20 heavy (non-hydrogen) atoms. The van der Waals surface area contributed by atoms with Crippen molar-refractivity contribution < 1.29 is 18.6 Å². The lowest BCUT2D eigenvalue weighted by Gasteiger charge is -2.15. The summed E-state index contributed by atoms with van der Waals surface area (Å²) >= 11 is 0. The molecule has 1 N–H and O–H groups in total. The lowest BCUT2D eigenvalue weighted by atomic mass is 10.0. The summed E-state index contributed by atoms with van der Waals surface area (Å²) in [5, 5.41) is 10.2. The first-order valence-electron chi connectivity index (χ1n) is 6.37. The molecule has 2 rings (SSSR count). The van der Waals surface area contributed by atoms with Crippen LogP contribution in [0.3, 0.4) is 0 Å². The summed E-state index contributed by atoms with van der Waals surface area (Å²) in [5.74, 6) is -1.43. The van der Waals surface area contributed by atoms with Crippen LogP contribution in [0.25, 0.3) is 0 Å². The summed E-state index contributed by atoms with van der Waals surface area (Å²) in [7, 11) is 0. The van der Waals surface area contributed by atoms with Gasteiger partial charge in [-0.15, -0.1) is 0 Å². The summed E-state index contributed by atoms with van der Waals surface area (Å²) in [6.45, 7) is 3.77. The van der Waals surface area contributed by atoms with E-state index in [1.165, 1.54) is 12.1 Å². The van der Waals surface area contributed by atoms with Crippen molar-refractivity contribution in [2.75, 3.05) is 0 Å². The normalized spacial score (nSPS) is 12.5. The van der Waals surface area contributed by atoms with Crippen LogP contribution in [-0.4, -0.2) is 11.2 Å². The Morgan fingerprint density at radius 3 is 2.45 bits per heavy atom. The van der Waals surface area contributed by atoms with E-state index in [0.29, 0.717) is 11.3 Å². The molecule has 0 radical (unpaired) electrons. The average molecular weight is 278 g/mol. The van der Waals surface area contributed by atoms with Gasteiger partial charge in [0.1, 0.15) is 11.9 Å². The van der Waals surface area contributed by atoms with Gasteiger partial charge in [0, 0.05) is 5.56 Å². The largest absolute Gasteiger partial charge is 0.491 e. The van der Waals surface area contributed by atoms with E-state index in [-0.39, 0.29) is 11.7 Å². The predicted octanol–water partition coefficient (Wildman–Crippen LogP) is 3.83. The van der Waals surface area contributed by atoms with Gasteiger partial charge < -0.3 is 9.84 Å². The summed E-state index contributed by atoms with van der Waals surface area (Å²) in [6, 6.07) is 10.5. The van der Waals surface area contributed by atoms with E-state index >= 15 is 0 Å². The van der Waals surface area contributed by atoms with Crippen LogP contribution in [0.2, 0.25) is 0 Å². The van der Waals surface area contributed by atoms with Gasteiger partial charge in [-0.25, -0.2) is 8.78 Å². The molecule has 0 aromatic heterocycles. The second kappa shape index (κ2) is 6.01. The minimum Gasteiger partial charge on any atom is -0.491 e. The Kier molecular flexibility index (Phi) is 4.35. The first-order valence-corrected chi connectivity index (χ1v) is 6.37. The molecular weight excluding hydrogens is 262 g/mol. The molecule has 0 aliphatic rings. The first-order chi connectivity index (χ1) is 9.49. The van der Waals surface area contributed by atoms with Crippen LogP contribution in [0, 0.1) is 11.6 Å². The fraction of sp³-hybridized carbons (Fsp3) is 0.250. The van der Waals surface area contributed by atoms with E-state index in [4.69, 9.17) is 4.74 Å². The molecule has 1 unspecified atom stereocenters. The Morgan fingerprint density at radius 1 is 1.05 bits per heavy atom. The van der Waals surface area contributed by atoms with Gasteiger partial charge in [-0.05, 0) is 37.6 Å². The van der Waals surface area contributed by atoms with Gasteiger partial charge in [0.25, 0.3) is 0 Å². The summed E-state index contributed by atoms with van der Waals surface area (Å²) in [5.41, 5.74) is 0.361. The van der Waals surface area contributed by atoms with Crippen molar-refractivity contribution in [2.45, 2.75) is 26.1 Å². The van der Waals surface area contributed by atoms with E-state index in [1.54, 1.807) is 24.3 Å². The average Bonchev–Trinajstić information content (AvgIpc) is 2.41. The SMILES string of the molecule is CC(C)Oc1cccc(C(O)c2cccc(F)c2F)c1. The third kappa shape index (κ3) is 3.14. The Morgan fingerprint density at radius 2 is 1.75 bits per heavy atom. The molecule has 2 nitrogen and oxygen atoms in total. The number of aliphatic hydroxyl groups excluding tert-OH is 1. The number of aliphatic hydroxyl groups is 1. The Balaban J connectivity index is 2.33. The smallest absolute Gasteiger partial charge is 0.164 e. The maximum Gasteiger partial charge on any atom is 0.164 e. The molecule has 0 bridgehead atoms. The highest BCUT2D eigenvalue weighted by Gasteiger charge is 2.18. The zero-order valence-electron chi connectivity index (χ0n) is 11.3. The Bertz CT molecular complexity index is 597. The minimum absolute atomic E-state index is 0.00620. The zero-order chi connectivity index (χ0) is 14.7. The maximum atomic E-state index is 13.7. The van der Waals surface area contributed by atoms with Crippen molar-refractivity contribution in [1.29, 1.82) is 0 Å². The van der Waals surface area contributed by atoms with Crippen molar-refractivity contribution >= 4 is 0 Å². The molecular formula is C16H16F2O2. The highest BCUT2D eigenvalue weighted by molar-refractivity contribution is 5.36. The standard InChI is InChI=1S/C16H16F2O2/c1-10(2)20-12-6-3-5-11(9-12)16(19)13-7-4-8-14(17)15(13)18/h3-10,16,19H,1-2H3. The molecule has 0 heterocycles. The molecule has 2 aromatic rings. The lowest BCUT2D eigenvalue weighted by Crippen LogP contribution is -2.07. The molecule has 0 spiro atoms. The van der Waals surface area contributed by atoms with E-state index < -0.39 is 17.7 Å². The number of ether oxygens (including phenoxy) is 1. The quantitative estimate of drug-likeness (QED) is 0.921. The molecule has 4 heteroatoms. The van der Waals surface area contributed by atoms with Gasteiger partial charge >= 0.3 is 0 Å². The number of rotatable bonds is 4. The number of halogens is 2. The molecule has 2 aromatic carbocycles. The van der Waals surface area contributed by atoms with Crippen LogP contribution in [-0.2, 0) is 0 Å². The summed E-state index contributed by atoms with van der Waals surface area (Å²) < 4.78 is 32.4. The van der Waals surface area contributed by atoms with Crippen LogP contribution in [0.5, 0.6) is 5.75 Å². The van der Waals surface area contributed by atoms with Crippen molar-refractivity contribution in [3.05, 3.63) is 65.2 Å². The molecule has 0 fully saturated rings. The molecule has 106 valence electrons. The van der Waals surface area contributed by atoms with Gasteiger partial charge in [-0.3, -0.25) is 0 Å². The van der Waals surface area contributed by atoms with Crippen molar-refractivity contribution in [1.82, 2.24) is 0 Å². The van der Waals surface area contributed by atoms with Crippen LogP contribution < -0.4 is 4.74 Å². The molecule has 0 saturated heterocycles. The number of hydrogen-bond acceptors (Lipinski definition) is 2. The van der Waals surface area contributed by atoms with Gasteiger partial charge in [0.15, 0.2) is 11.6 Å². The van der Waals surface area contributed by atoms with Crippen molar-refractivity contribution in [2.24, 2.45) is 0 Å². The predicted molar refractivity (Wildman–Crippen MR) is 72.6 cm³/mol. The monoisotopic (exact) mass is 278 g/mol. The lowest BCUT2D eigenvalue weighted by molar-refractivity contribution is 0.210. The van der Waals surface area contributed by atoms with Crippen LogP contribution >= 0.6 is 0 Å². The Hall–Kier alpha value is -1.94. The molecule has 0 aliphatic heterocycles. The summed E-state index contributed by atoms with van der Waals surface area (Å²) in [4.78, 5) is 0. The van der Waals surface area contributed by atoms with Crippen molar-refractivity contribution in [3.63, 3.8) is 0 Å².